The molecule has 4 rings (SSSR count). The number of hydrogen-bond acceptors (Lipinski definition) is 6. The van der Waals surface area contributed by atoms with Crippen LogP contribution in [0.1, 0.15) is 10.5 Å². The molecule has 144 valence electrons. The van der Waals surface area contributed by atoms with Gasteiger partial charge in [0.05, 0.1) is 24.4 Å². The molecule has 3 aromatic rings. The highest BCUT2D eigenvalue weighted by Crippen LogP contribution is 2.42. The van der Waals surface area contributed by atoms with Crippen molar-refractivity contribution >= 4 is 32.6 Å². The van der Waals surface area contributed by atoms with Gasteiger partial charge in [-0.3, -0.25) is 4.79 Å². The van der Waals surface area contributed by atoms with E-state index in [0.29, 0.717) is 46.4 Å². The van der Waals surface area contributed by atoms with E-state index in [1.807, 2.05) is 18.2 Å². The van der Waals surface area contributed by atoms with E-state index in [1.54, 1.807) is 26.4 Å². The predicted octanol–water partition coefficient (Wildman–Crippen LogP) is 3.55. The van der Waals surface area contributed by atoms with E-state index in [0.717, 1.165) is 16.3 Å². The van der Waals surface area contributed by atoms with Gasteiger partial charge in [-0.25, -0.2) is 4.98 Å². The van der Waals surface area contributed by atoms with Gasteiger partial charge >= 0.3 is 0 Å². The minimum atomic E-state index is -0.613. The summed E-state index contributed by atoms with van der Waals surface area (Å²) in [4.78, 5) is 16.4. The maximum Gasteiger partial charge on any atom is 0.267 e. The summed E-state index contributed by atoms with van der Waals surface area (Å²) in [6.07, 6.45) is 0. The van der Waals surface area contributed by atoms with Crippen LogP contribution in [-0.4, -0.2) is 38.3 Å². The van der Waals surface area contributed by atoms with Crippen LogP contribution in [0.3, 0.4) is 0 Å². The van der Waals surface area contributed by atoms with Gasteiger partial charge < -0.3 is 24.7 Å². The van der Waals surface area contributed by atoms with Crippen LogP contribution < -0.4 is 24.7 Å². The number of fused-ring (bicyclic) bond motifs is 2. The Morgan fingerprint density at radius 3 is 2.43 bits per heavy atom. The molecule has 0 saturated heterocycles. The van der Waals surface area contributed by atoms with Crippen LogP contribution in [0.25, 0.3) is 22.0 Å². The van der Waals surface area contributed by atoms with E-state index in [4.69, 9.17) is 24.7 Å². The minimum absolute atomic E-state index is 0.157. The quantitative estimate of drug-likeness (QED) is 0.661. The van der Waals surface area contributed by atoms with Crippen LogP contribution in [0.15, 0.2) is 34.8 Å². The highest BCUT2D eigenvalue weighted by molar-refractivity contribution is 9.10. The summed E-state index contributed by atoms with van der Waals surface area (Å²) in [6, 6.07) is 8.99. The molecular formula is C20H17BrN2O5. The zero-order valence-corrected chi connectivity index (χ0v) is 16.8. The Kier molecular flexibility index (Phi) is 4.72. The maximum atomic E-state index is 11.9. The molecule has 2 N–H and O–H groups in total. The summed E-state index contributed by atoms with van der Waals surface area (Å²) in [5, 5.41) is 1.57. The Morgan fingerprint density at radius 2 is 1.79 bits per heavy atom. The van der Waals surface area contributed by atoms with Gasteiger partial charge in [-0.2, -0.15) is 0 Å². The number of primary amides is 1. The highest BCUT2D eigenvalue weighted by atomic mass is 79.9. The average Bonchev–Trinajstić information content (AvgIpc) is 2.70. The van der Waals surface area contributed by atoms with Gasteiger partial charge in [0.2, 0.25) is 0 Å². The molecule has 28 heavy (non-hydrogen) atoms. The number of methoxy groups -OCH3 is 2. The van der Waals surface area contributed by atoms with Gasteiger partial charge in [0.1, 0.15) is 18.9 Å². The van der Waals surface area contributed by atoms with Crippen LogP contribution in [0.5, 0.6) is 23.0 Å². The highest BCUT2D eigenvalue weighted by Gasteiger charge is 2.20. The second-order valence-electron chi connectivity index (χ2n) is 6.13. The Hall–Kier alpha value is -3.00. The number of rotatable bonds is 4. The SMILES string of the molecule is COc1cc(-c2nc(C(N)=O)cc3cc4c(cc23)OCCO4)cc(Br)c1OC. The van der Waals surface area contributed by atoms with E-state index in [-0.39, 0.29) is 5.69 Å². The summed E-state index contributed by atoms with van der Waals surface area (Å²) < 4.78 is 22.9. The van der Waals surface area contributed by atoms with Gasteiger partial charge in [-0.05, 0) is 51.6 Å². The Morgan fingerprint density at radius 1 is 1.07 bits per heavy atom. The molecular weight excluding hydrogens is 428 g/mol. The van der Waals surface area contributed by atoms with Crippen molar-refractivity contribution in [1.82, 2.24) is 4.98 Å². The fraction of sp³-hybridized carbons (Fsp3) is 0.200. The van der Waals surface area contributed by atoms with Gasteiger partial charge in [0.25, 0.3) is 5.91 Å². The standard InChI is InChI=1S/C20H17BrN2O5/c1-25-17-8-11(5-13(21)19(17)26-2)18-12-9-16-15(27-3-4-28-16)7-10(12)6-14(23-18)20(22)24/h5-9H,3-4H2,1-2H3,(H2,22,24). The summed E-state index contributed by atoms with van der Waals surface area (Å²) in [5.41, 5.74) is 6.97. The molecule has 7 nitrogen and oxygen atoms in total. The van der Waals surface area contributed by atoms with Crippen molar-refractivity contribution < 1.29 is 23.7 Å². The molecule has 0 fully saturated rings. The number of nitrogens with two attached hydrogens (primary N) is 1. The van der Waals surface area contributed by atoms with Crippen LogP contribution in [0.4, 0.5) is 0 Å². The van der Waals surface area contributed by atoms with Crippen LogP contribution in [0, 0.1) is 0 Å². The first-order valence-corrected chi connectivity index (χ1v) is 9.27. The first-order chi connectivity index (χ1) is 13.5. The van der Waals surface area contributed by atoms with E-state index >= 15 is 0 Å². The monoisotopic (exact) mass is 444 g/mol. The van der Waals surface area contributed by atoms with Crippen molar-refractivity contribution in [1.29, 1.82) is 0 Å². The number of carbonyl (C=O) groups excluding carboxylic acids is 1. The van der Waals surface area contributed by atoms with Gasteiger partial charge in [0.15, 0.2) is 23.0 Å². The first kappa shape index (κ1) is 18.4. The van der Waals surface area contributed by atoms with Gasteiger partial charge in [-0.1, -0.05) is 0 Å². The number of pyridine rings is 1. The largest absolute Gasteiger partial charge is 0.493 e. The van der Waals surface area contributed by atoms with Crippen molar-refractivity contribution in [2.75, 3.05) is 27.4 Å². The van der Waals surface area contributed by atoms with Crippen LogP contribution in [0.2, 0.25) is 0 Å². The first-order valence-electron chi connectivity index (χ1n) is 8.48. The molecule has 0 bridgehead atoms. The summed E-state index contributed by atoms with van der Waals surface area (Å²) in [7, 11) is 3.12. The van der Waals surface area contributed by atoms with E-state index in [9.17, 15) is 4.79 Å². The second-order valence-corrected chi connectivity index (χ2v) is 6.99. The fourth-order valence-electron chi connectivity index (χ4n) is 3.19. The molecule has 0 radical (unpaired) electrons. The predicted molar refractivity (Wildman–Crippen MR) is 107 cm³/mol. The molecule has 2 aromatic carbocycles. The molecule has 0 spiro atoms. The third-order valence-electron chi connectivity index (χ3n) is 4.45. The molecule has 1 aliphatic heterocycles. The topological polar surface area (TPSA) is 92.9 Å². The summed E-state index contributed by atoms with van der Waals surface area (Å²) >= 11 is 3.50. The van der Waals surface area contributed by atoms with E-state index < -0.39 is 5.91 Å². The minimum Gasteiger partial charge on any atom is -0.493 e. The number of nitrogens with zero attached hydrogens (tertiary/aromatic N) is 1. The Bertz CT molecular complexity index is 1100. The molecule has 1 amide bonds. The zero-order valence-electron chi connectivity index (χ0n) is 15.2. The molecule has 2 heterocycles. The number of hydrogen-bond donors (Lipinski definition) is 1. The van der Waals surface area contributed by atoms with Gasteiger partial charge in [-0.15, -0.1) is 0 Å². The smallest absolute Gasteiger partial charge is 0.267 e. The Balaban J connectivity index is 2.02. The van der Waals surface area contributed by atoms with Gasteiger partial charge in [0, 0.05) is 10.9 Å². The lowest BCUT2D eigenvalue weighted by Crippen LogP contribution is -2.16. The lowest BCUT2D eigenvalue weighted by atomic mass is 10.0. The van der Waals surface area contributed by atoms with Crippen molar-refractivity contribution in [2.45, 2.75) is 0 Å². The normalized spacial score (nSPS) is 12.7. The zero-order chi connectivity index (χ0) is 19.8. The molecule has 0 aliphatic carbocycles. The molecule has 0 unspecified atom stereocenters. The molecule has 0 saturated carbocycles. The number of carbonyl (C=O) groups is 1. The summed E-state index contributed by atoms with van der Waals surface area (Å²) in [5.74, 6) is 1.74. The van der Waals surface area contributed by atoms with Crippen molar-refractivity contribution in [3.63, 3.8) is 0 Å². The number of halogens is 1. The number of ether oxygens (including phenoxy) is 4. The van der Waals surface area contributed by atoms with E-state index in [2.05, 4.69) is 20.9 Å². The van der Waals surface area contributed by atoms with Crippen molar-refractivity contribution in [2.24, 2.45) is 5.73 Å². The van der Waals surface area contributed by atoms with E-state index in [1.165, 1.54) is 0 Å². The fourth-order valence-corrected chi connectivity index (χ4v) is 3.79. The lowest BCUT2D eigenvalue weighted by molar-refractivity contribution is 0.0996. The molecule has 1 aromatic heterocycles. The third kappa shape index (κ3) is 3.09. The summed E-state index contributed by atoms with van der Waals surface area (Å²) in [6.45, 7) is 0.949. The molecule has 8 heteroatoms. The van der Waals surface area contributed by atoms with Crippen LogP contribution in [-0.2, 0) is 0 Å². The maximum absolute atomic E-state index is 11.9. The number of benzene rings is 2. The number of amides is 1. The average molecular weight is 445 g/mol. The Labute approximate surface area is 169 Å². The molecule has 0 atom stereocenters. The third-order valence-corrected chi connectivity index (χ3v) is 5.04. The number of aromatic nitrogens is 1. The van der Waals surface area contributed by atoms with Crippen LogP contribution >= 0.6 is 15.9 Å². The molecule has 1 aliphatic rings. The van der Waals surface area contributed by atoms with Crippen molar-refractivity contribution in [3.8, 4) is 34.3 Å². The lowest BCUT2D eigenvalue weighted by Gasteiger charge is -2.20. The van der Waals surface area contributed by atoms with Crippen molar-refractivity contribution in [3.05, 3.63) is 40.5 Å². The second kappa shape index (κ2) is 7.20.